The van der Waals surface area contributed by atoms with Crippen LogP contribution in [0.2, 0.25) is 0 Å². The fourth-order valence-electron chi connectivity index (χ4n) is 1.78. The van der Waals surface area contributed by atoms with Crippen LogP contribution < -0.4 is 10.1 Å². The van der Waals surface area contributed by atoms with E-state index in [9.17, 15) is 9.90 Å². The standard InChI is InChI=1S/C14H20BrNO3/c1-3-4-10(2)16-14(18)9-19-13-6-5-12(15)7-11(13)8-17/h5-7,10,17H,3-4,8-9H2,1-2H3,(H,16,18). The van der Waals surface area contributed by atoms with Gasteiger partial charge in [0.25, 0.3) is 5.91 Å². The number of amides is 1. The van der Waals surface area contributed by atoms with E-state index in [1.165, 1.54) is 0 Å². The molecule has 0 aliphatic rings. The van der Waals surface area contributed by atoms with Gasteiger partial charge < -0.3 is 15.2 Å². The van der Waals surface area contributed by atoms with E-state index in [4.69, 9.17) is 4.74 Å². The molecule has 1 rings (SSSR count). The molecule has 5 heteroatoms. The number of nitrogens with one attached hydrogen (secondary N) is 1. The topological polar surface area (TPSA) is 58.6 Å². The van der Waals surface area contributed by atoms with Gasteiger partial charge in [-0.2, -0.15) is 0 Å². The fourth-order valence-corrected chi connectivity index (χ4v) is 2.19. The smallest absolute Gasteiger partial charge is 0.258 e. The van der Waals surface area contributed by atoms with Crippen molar-refractivity contribution in [1.82, 2.24) is 5.32 Å². The van der Waals surface area contributed by atoms with Crippen molar-refractivity contribution in [3.8, 4) is 5.75 Å². The molecule has 2 N–H and O–H groups in total. The lowest BCUT2D eigenvalue weighted by Crippen LogP contribution is -2.36. The highest BCUT2D eigenvalue weighted by atomic mass is 79.9. The first-order valence-electron chi connectivity index (χ1n) is 6.38. The molecule has 106 valence electrons. The number of carbonyl (C=O) groups excluding carboxylic acids is 1. The lowest BCUT2D eigenvalue weighted by Gasteiger charge is -2.14. The highest BCUT2D eigenvalue weighted by Gasteiger charge is 2.09. The number of aliphatic hydroxyl groups is 1. The Labute approximate surface area is 122 Å². The number of halogens is 1. The third-order valence-corrected chi connectivity index (χ3v) is 3.17. The molecule has 0 saturated heterocycles. The third kappa shape index (κ3) is 5.61. The molecule has 0 radical (unpaired) electrons. The summed E-state index contributed by atoms with van der Waals surface area (Å²) in [7, 11) is 0. The van der Waals surface area contributed by atoms with Crippen molar-refractivity contribution >= 4 is 21.8 Å². The van der Waals surface area contributed by atoms with Gasteiger partial charge in [0, 0.05) is 16.1 Å². The van der Waals surface area contributed by atoms with Crippen LogP contribution in [0.15, 0.2) is 22.7 Å². The van der Waals surface area contributed by atoms with Gasteiger partial charge in [0.15, 0.2) is 6.61 Å². The van der Waals surface area contributed by atoms with Crippen LogP contribution in [0.3, 0.4) is 0 Å². The highest BCUT2D eigenvalue weighted by molar-refractivity contribution is 9.10. The SMILES string of the molecule is CCCC(C)NC(=O)COc1ccc(Br)cc1CO. The first-order chi connectivity index (χ1) is 9.06. The number of hydrogen-bond donors (Lipinski definition) is 2. The van der Waals surface area contributed by atoms with E-state index in [0.29, 0.717) is 11.3 Å². The lowest BCUT2D eigenvalue weighted by molar-refractivity contribution is -0.123. The number of carbonyl (C=O) groups is 1. The van der Waals surface area contributed by atoms with Gasteiger partial charge >= 0.3 is 0 Å². The van der Waals surface area contributed by atoms with Gasteiger partial charge in [-0.05, 0) is 31.5 Å². The molecular weight excluding hydrogens is 310 g/mol. The first-order valence-corrected chi connectivity index (χ1v) is 7.17. The lowest BCUT2D eigenvalue weighted by atomic mass is 10.2. The Morgan fingerprint density at radius 1 is 1.53 bits per heavy atom. The van der Waals surface area contributed by atoms with Crippen LogP contribution in [0.1, 0.15) is 32.3 Å². The number of aliphatic hydroxyl groups excluding tert-OH is 1. The van der Waals surface area contributed by atoms with Crippen molar-refractivity contribution in [2.75, 3.05) is 6.61 Å². The number of ether oxygens (including phenoxy) is 1. The Bertz CT molecular complexity index is 423. The molecule has 0 fully saturated rings. The Hall–Kier alpha value is -1.07. The molecule has 1 aromatic rings. The molecule has 0 spiro atoms. The average Bonchev–Trinajstić information content (AvgIpc) is 2.37. The van der Waals surface area contributed by atoms with Crippen LogP contribution in [-0.2, 0) is 11.4 Å². The molecule has 19 heavy (non-hydrogen) atoms. The second-order valence-corrected chi connectivity index (χ2v) is 5.37. The maximum Gasteiger partial charge on any atom is 0.258 e. The van der Waals surface area contributed by atoms with E-state index in [0.717, 1.165) is 17.3 Å². The van der Waals surface area contributed by atoms with E-state index >= 15 is 0 Å². The molecule has 0 saturated carbocycles. The van der Waals surface area contributed by atoms with Crippen molar-refractivity contribution < 1.29 is 14.6 Å². The van der Waals surface area contributed by atoms with Gasteiger partial charge in [-0.25, -0.2) is 0 Å². The second-order valence-electron chi connectivity index (χ2n) is 4.46. The maximum absolute atomic E-state index is 11.7. The number of rotatable bonds is 7. The predicted molar refractivity (Wildman–Crippen MR) is 78.1 cm³/mol. The van der Waals surface area contributed by atoms with E-state index in [1.54, 1.807) is 12.1 Å². The van der Waals surface area contributed by atoms with Gasteiger partial charge in [0.2, 0.25) is 0 Å². The summed E-state index contributed by atoms with van der Waals surface area (Å²) in [6, 6.07) is 5.47. The van der Waals surface area contributed by atoms with Crippen LogP contribution in [0.4, 0.5) is 0 Å². The summed E-state index contributed by atoms with van der Waals surface area (Å²) in [6.07, 6.45) is 1.98. The fraction of sp³-hybridized carbons (Fsp3) is 0.500. The predicted octanol–water partition coefficient (Wildman–Crippen LogP) is 2.63. The summed E-state index contributed by atoms with van der Waals surface area (Å²) in [5.41, 5.74) is 0.656. The van der Waals surface area contributed by atoms with Crippen molar-refractivity contribution in [3.05, 3.63) is 28.2 Å². The Morgan fingerprint density at radius 3 is 2.89 bits per heavy atom. The zero-order valence-corrected chi connectivity index (χ0v) is 12.9. The molecule has 0 aromatic heterocycles. The number of hydrogen-bond acceptors (Lipinski definition) is 3. The van der Waals surface area contributed by atoms with Crippen LogP contribution in [0, 0.1) is 0 Å². The zero-order valence-electron chi connectivity index (χ0n) is 11.3. The average molecular weight is 330 g/mol. The van der Waals surface area contributed by atoms with Crippen molar-refractivity contribution in [3.63, 3.8) is 0 Å². The quantitative estimate of drug-likeness (QED) is 0.808. The summed E-state index contributed by atoms with van der Waals surface area (Å²) in [6.45, 7) is 3.89. The Kier molecular flexibility index (Phi) is 6.87. The summed E-state index contributed by atoms with van der Waals surface area (Å²) in [5, 5.41) is 12.1. The maximum atomic E-state index is 11.7. The van der Waals surface area contributed by atoms with E-state index in [2.05, 4.69) is 28.2 Å². The Balaban J connectivity index is 2.50. The largest absolute Gasteiger partial charge is 0.483 e. The molecule has 0 heterocycles. The first kappa shape index (κ1) is 16.0. The summed E-state index contributed by atoms with van der Waals surface area (Å²) in [5.74, 6) is 0.386. The summed E-state index contributed by atoms with van der Waals surface area (Å²) >= 11 is 3.32. The summed E-state index contributed by atoms with van der Waals surface area (Å²) in [4.78, 5) is 11.7. The van der Waals surface area contributed by atoms with Gasteiger partial charge in [-0.1, -0.05) is 29.3 Å². The van der Waals surface area contributed by atoms with E-state index in [1.807, 2.05) is 13.0 Å². The van der Waals surface area contributed by atoms with Crippen LogP contribution >= 0.6 is 15.9 Å². The normalized spacial score (nSPS) is 12.0. The second kappa shape index (κ2) is 8.17. The zero-order chi connectivity index (χ0) is 14.3. The molecule has 0 aliphatic carbocycles. The number of benzene rings is 1. The van der Waals surface area contributed by atoms with Crippen molar-refractivity contribution in [1.29, 1.82) is 0 Å². The summed E-state index contributed by atoms with van der Waals surface area (Å²) < 4.78 is 6.30. The van der Waals surface area contributed by atoms with Gasteiger partial charge in [-0.15, -0.1) is 0 Å². The molecule has 1 amide bonds. The molecule has 1 atom stereocenters. The van der Waals surface area contributed by atoms with Gasteiger partial charge in [0.1, 0.15) is 5.75 Å². The monoisotopic (exact) mass is 329 g/mol. The molecular formula is C14H20BrNO3. The third-order valence-electron chi connectivity index (χ3n) is 2.68. The van der Waals surface area contributed by atoms with Crippen molar-refractivity contribution in [2.45, 2.75) is 39.3 Å². The van der Waals surface area contributed by atoms with Crippen LogP contribution in [0.25, 0.3) is 0 Å². The van der Waals surface area contributed by atoms with Crippen LogP contribution in [-0.4, -0.2) is 23.7 Å². The Morgan fingerprint density at radius 2 is 2.26 bits per heavy atom. The minimum Gasteiger partial charge on any atom is -0.483 e. The molecule has 4 nitrogen and oxygen atoms in total. The molecule has 1 unspecified atom stereocenters. The molecule has 0 aliphatic heterocycles. The van der Waals surface area contributed by atoms with Gasteiger partial charge in [-0.3, -0.25) is 4.79 Å². The van der Waals surface area contributed by atoms with Crippen molar-refractivity contribution in [2.24, 2.45) is 0 Å². The molecule has 0 bridgehead atoms. The highest BCUT2D eigenvalue weighted by Crippen LogP contribution is 2.23. The van der Waals surface area contributed by atoms with Gasteiger partial charge in [0.05, 0.1) is 6.61 Å². The van der Waals surface area contributed by atoms with Crippen LogP contribution in [0.5, 0.6) is 5.75 Å². The van der Waals surface area contributed by atoms with E-state index < -0.39 is 0 Å². The minimum atomic E-state index is -0.146. The molecule has 1 aromatic carbocycles. The minimum absolute atomic E-state index is 0.0390. The van der Waals surface area contributed by atoms with E-state index in [-0.39, 0.29) is 25.2 Å².